The van der Waals surface area contributed by atoms with Gasteiger partial charge in [0.25, 0.3) is 0 Å². The molecule has 1 N–H and O–H groups in total. The molecule has 3 nitrogen and oxygen atoms in total. The number of ether oxygens (including phenoxy) is 2. The minimum absolute atomic E-state index is 0.0520. The van der Waals surface area contributed by atoms with Crippen molar-refractivity contribution < 1.29 is 14.6 Å². The standard InChI is InChI=1S/C21H34O3/c1-19-9-10-21(23-11-12-24-21)13-14(19)3-4-15-16-5-6-18(22)20(16,2)8-7-17(15)19/h14-18,22H,3-13H2,1-2H3/t14-,15+,16+,17-,18-,19-,20+/m0/s1. The van der Waals surface area contributed by atoms with E-state index in [9.17, 15) is 5.11 Å². The Bertz CT molecular complexity index is 513. The largest absolute Gasteiger partial charge is 0.393 e. The lowest BCUT2D eigenvalue weighted by Gasteiger charge is -2.61. The molecule has 0 aromatic rings. The summed E-state index contributed by atoms with van der Waals surface area (Å²) in [5, 5.41) is 10.6. The Labute approximate surface area is 146 Å². The highest BCUT2D eigenvalue weighted by molar-refractivity contribution is 5.10. The fourth-order valence-electron chi connectivity index (χ4n) is 7.93. The Morgan fingerprint density at radius 1 is 0.792 bits per heavy atom. The van der Waals surface area contributed by atoms with Gasteiger partial charge in [-0.05, 0) is 79.4 Å². The van der Waals surface area contributed by atoms with Crippen molar-refractivity contribution in [2.75, 3.05) is 13.2 Å². The Kier molecular flexibility index (Phi) is 3.49. The first-order valence-corrected chi connectivity index (χ1v) is 10.4. The van der Waals surface area contributed by atoms with E-state index in [0.717, 1.165) is 56.1 Å². The van der Waals surface area contributed by atoms with Crippen molar-refractivity contribution >= 4 is 0 Å². The first-order valence-electron chi connectivity index (χ1n) is 10.4. The zero-order chi connectivity index (χ0) is 16.6. The number of hydrogen-bond donors (Lipinski definition) is 1. The van der Waals surface area contributed by atoms with Crippen molar-refractivity contribution in [3.63, 3.8) is 0 Å². The topological polar surface area (TPSA) is 38.7 Å². The zero-order valence-corrected chi connectivity index (χ0v) is 15.4. The highest BCUT2D eigenvalue weighted by Gasteiger charge is 2.61. The molecule has 7 atom stereocenters. The molecule has 1 spiro atoms. The molecule has 0 bridgehead atoms. The average molecular weight is 335 g/mol. The minimum Gasteiger partial charge on any atom is -0.393 e. The Hall–Kier alpha value is -0.120. The lowest BCUT2D eigenvalue weighted by molar-refractivity contribution is -0.230. The van der Waals surface area contributed by atoms with Crippen LogP contribution in [0.4, 0.5) is 0 Å². The molecule has 24 heavy (non-hydrogen) atoms. The lowest BCUT2D eigenvalue weighted by Crippen LogP contribution is -2.56. The van der Waals surface area contributed by atoms with Crippen LogP contribution in [0.1, 0.15) is 71.6 Å². The summed E-state index contributed by atoms with van der Waals surface area (Å²) < 4.78 is 12.1. The summed E-state index contributed by atoms with van der Waals surface area (Å²) in [6, 6.07) is 0. The van der Waals surface area contributed by atoms with Gasteiger partial charge in [-0.25, -0.2) is 0 Å². The molecule has 3 heteroatoms. The Morgan fingerprint density at radius 3 is 2.33 bits per heavy atom. The van der Waals surface area contributed by atoms with Crippen LogP contribution >= 0.6 is 0 Å². The second-order valence-corrected chi connectivity index (χ2v) is 10.1. The third-order valence-corrected chi connectivity index (χ3v) is 9.43. The highest BCUT2D eigenvalue weighted by atomic mass is 16.7. The van der Waals surface area contributed by atoms with E-state index in [1.807, 2.05) is 0 Å². The Morgan fingerprint density at radius 2 is 1.54 bits per heavy atom. The molecule has 4 saturated carbocycles. The van der Waals surface area contributed by atoms with Gasteiger partial charge in [-0.3, -0.25) is 0 Å². The molecular weight excluding hydrogens is 300 g/mol. The van der Waals surface area contributed by atoms with Crippen LogP contribution in [0.5, 0.6) is 0 Å². The van der Waals surface area contributed by atoms with Gasteiger partial charge < -0.3 is 14.6 Å². The molecule has 5 fully saturated rings. The molecule has 0 amide bonds. The molecule has 1 saturated heterocycles. The van der Waals surface area contributed by atoms with Crippen LogP contribution in [0.25, 0.3) is 0 Å². The third-order valence-electron chi connectivity index (χ3n) is 9.43. The summed E-state index contributed by atoms with van der Waals surface area (Å²) in [5.41, 5.74) is 0.677. The number of hydrogen-bond acceptors (Lipinski definition) is 3. The molecule has 0 aromatic carbocycles. The van der Waals surface area contributed by atoms with E-state index in [2.05, 4.69) is 13.8 Å². The van der Waals surface area contributed by atoms with Crippen LogP contribution in [0.15, 0.2) is 0 Å². The molecule has 1 aliphatic heterocycles. The van der Waals surface area contributed by atoms with Crippen LogP contribution in [0.2, 0.25) is 0 Å². The van der Waals surface area contributed by atoms with Gasteiger partial charge in [0.2, 0.25) is 0 Å². The summed E-state index contributed by atoms with van der Waals surface area (Å²) >= 11 is 0. The quantitative estimate of drug-likeness (QED) is 0.724. The highest BCUT2D eigenvalue weighted by Crippen LogP contribution is 2.67. The maximum atomic E-state index is 10.6. The molecule has 1 heterocycles. The molecular formula is C21H34O3. The Balaban J connectivity index is 1.41. The second kappa shape index (κ2) is 5.20. The van der Waals surface area contributed by atoms with Gasteiger partial charge in [-0.1, -0.05) is 13.8 Å². The molecule has 0 unspecified atom stereocenters. The fourth-order valence-corrected chi connectivity index (χ4v) is 7.93. The summed E-state index contributed by atoms with van der Waals surface area (Å²) in [5.74, 6) is 3.00. The molecule has 5 rings (SSSR count). The van der Waals surface area contributed by atoms with Crippen molar-refractivity contribution in [1.29, 1.82) is 0 Å². The monoisotopic (exact) mass is 334 g/mol. The van der Waals surface area contributed by atoms with Gasteiger partial charge in [0.1, 0.15) is 0 Å². The maximum absolute atomic E-state index is 10.6. The van der Waals surface area contributed by atoms with Crippen molar-refractivity contribution in [2.24, 2.45) is 34.5 Å². The van der Waals surface area contributed by atoms with Gasteiger partial charge in [-0.15, -0.1) is 0 Å². The normalized spacial score (nSPS) is 55.9. The van der Waals surface area contributed by atoms with Crippen LogP contribution in [0, 0.1) is 34.5 Å². The van der Waals surface area contributed by atoms with Gasteiger partial charge in [0.15, 0.2) is 5.79 Å². The molecule has 136 valence electrons. The number of rotatable bonds is 0. The predicted octanol–water partition coefficient (Wildman–Crippen LogP) is 4.13. The van der Waals surface area contributed by atoms with E-state index in [1.165, 1.54) is 38.5 Å². The zero-order valence-electron chi connectivity index (χ0n) is 15.4. The van der Waals surface area contributed by atoms with E-state index in [4.69, 9.17) is 9.47 Å². The number of aliphatic hydroxyl groups is 1. The van der Waals surface area contributed by atoms with Crippen LogP contribution in [-0.2, 0) is 9.47 Å². The average Bonchev–Trinajstić information content (AvgIpc) is 3.14. The van der Waals surface area contributed by atoms with Crippen molar-refractivity contribution in [2.45, 2.75) is 83.5 Å². The van der Waals surface area contributed by atoms with Gasteiger partial charge >= 0.3 is 0 Å². The summed E-state index contributed by atoms with van der Waals surface area (Å²) in [6.07, 6.45) is 11.0. The van der Waals surface area contributed by atoms with E-state index in [0.29, 0.717) is 5.41 Å². The lowest BCUT2D eigenvalue weighted by atomic mass is 9.45. The van der Waals surface area contributed by atoms with Crippen molar-refractivity contribution in [3.05, 3.63) is 0 Å². The van der Waals surface area contributed by atoms with Gasteiger partial charge in [0.05, 0.1) is 19.3 Å². The fraction of sp³-hybridized carbons (Fsp3) is 1.00. The SMILES string of the molecule is C[C@]12CCC3(C[C@@H]1CC[C@@H]1[C@H]4CC[C@H](O)[C@]4(C)CC[C@@H]12)OCCO3. The minimum atomic E-state index is -0.232. The van der Waals surface area contributed by atoms with E-state index < -0.39 is 0 Å². The van der Waals surface area contributed by atoms with E-state index >= 15 is 0 Å². The summed E-state index contributed by atoms with van der Waals surface area (Å²) in [6.45, 7) is 6.54. The van der Waals surface area contributed by atoms with Gasteiger partial charge in [-0.2, -0.15) is 0 Å². The molecule has 0 aromatic heterocycles. The first-order chi connectivity index (χ1) is 11.5. The van der Waals surface area contributed by atoms with Crippen LogP contribution in [-0.4, -0.2) is 30.2 Å². The van der Waals surface area contributed by atoms with Crippen molar-refractivity contribution in [3.8, 4) is 0 Å². The number of aliphatic hydroxyl groups excluding tert-OH is 1. The maximum Gasteiger partial charge on any atom is 0.168 e. The van der Waals surface area contributed by atoms with E-state index in [-0.39, 0.29) is 17.3 Å². The van der Waals surface area contributed by atoms with Crippen LogP contribution < -0.4 is 0 Å². The predicted molar refractivity (Wildman–Crippen MR) is 92.4 cm³/mol. The van der Waals surface area contributed by atoms with Gasteiger partial charge in [0, 0.05) is 12.8 Å². The van der Waals surface area contributed by atoms with Crippen molar-refractivity contribution in [1.82, 2.24) is 0 Å². The number of fused-ring (bicyclic) bond motifs is 5. The summed E-state index contributed by atoms with van der Waals surface area (Å²) in [4.78, 5) is 0. The van der Waals surface area contributed by atoms with E-state index in [1.54, 1.807) is 0 Å². The smallest absolute Gasteiger partial charge is 0.168 e. The second-order valence-electron chi connectivity index (χ2n) is 10.1. The molecule has 5 aliphatic rings. The van der Waals surface area contributed by atoms with Crippen LogP contribution in [0.3, 0.4) is 0 Å². The first kappa shape index (κ1) is 16.1. The summed E-state index contributed by atoms with van der Waals surface area (Å²) in [7, 11) is 0. The molecule has 0 radical (unpaired) electrons. The molecule has 4 aliphatic carbocycles. The third kappa shape index (κ3) is 2.01.